The van der Waals surface area contributed by atoms with Crippen molar-refractivity contribution in [2.45, 2.75) is 69.7 Å². The van der Waals surface area contributed by atoms with E-state index >= 15 is 0 Å². The zero-order chi connectivity index (χ0) is 29.2. The lowest BCUT2D eigenvalue weighted by Crippen LogP contribution is -2.56. The van der Waals surface area contributed by atoms with Gasteiger partial charge in [0.2, 0.25) is 17.7 Å². The normalized spacial score (nSPS) is 22.6. The number of carbonyl (C=O) groups is 4. The van der Waals surface area contributed by atoms with Crippen LogP contribution in [0.1, 0.15) is 49.7 Å². The van der Waals surface area contributed by atoms with Crippen molar-refractivity contribution in [3.8, 4) is 5.75 Å². The van der Waals surface area contributed by atoms with E-state index in [1.165, 1.54) is 12.1 Å². The quantitative estimate of drug-likeness (QED) is 0.280. The molecule has 0 radical (unpaired) electrons. The minimum atomic E-state index is -0.978. The topological polar surface area (TPSA) is 160 Å². The summed E-state index contributed by atoms with van der Waals surface area (Å²) in [6.07, 6.45) is 7.33. The van der Waals surface area contributed by atoms with Gasteiger partial charge in [-0.25, -0.2) is 4.79 Å². The fourth-order valence-electron chi connectivity index (χ4n) is 5.46. The third-order valence-electron chi connectivity index (χ3n) is 7.72. The van der Waals surface area contributed by atoms with Gasteiger partial charge < -0.3 is 31.5 Å². The van der Waals surface area contributed by atoms with Crippen molar-refractivity contribution in [1.82, 2.24) is 16.0 Å². The first-order valence-corrected chi connectivity index (χ1v) is 14.1. The summed E-state index contributed by atoms with van der Waals surface area (Å²) in [5, 5.41) is 18.3. The summed E-state index contributed by atoms with van der Waals surface area (Å²) in [6.45, 7) is 0.0486. The number of nitrogens with two attached hydrogens (primary N) is 1. The zero-order valence-electron chi connectivity index (χ0n) is 23.0. The molecule has 10 nitrogen and oxygen atoms in total. The number of phenolic OH excluding ortho intramolecular Hbond substituents is 1. The molecule has 0 aliphatic heterocycles. The second-order valence-electron chi connectivity index (χ2n) is 10.7. The monoisotopic (exact) mass is 562 g/mol. The minimum absolute atomic E-state index is 0.0486. The number of alkyl carbamates (subject to hydrolysis) is 1. The smallest absolute Gasteiger partial charge is 0.408 e. The number of carbonyl (C=O) groups excluding carboxylic acids is 4. The Morgan fingerprint density at radius 3 is 2.37 bits per heavy atom. The Morgan fingerprint density at radius 2 is 1.63 bits per heavy atom. The molecule has 4 amide bonds. The van der Waals surface area contributed by atoms with E-state index < -0.39 is 47.9 Å². The molecule has 1 saturated carbocycles. The molecule has 41 heavy (non-hydrogen) atoms. The van der Waals surface area contributed by atoms with Crippen LogP contribution in [0.25, 0.3) is 0 Å². The maximum absolute atomic E-state index is 13.6. The molecule has 4 rings (SSSR count). The van der Waals surface area contributed by atoms with Crippen molar-refractivity contribution >= 4 is 23.8 Å². The highest BCUT2D eigenvalue weighted by molar-refractivity contribution is 5.88. The van der Waals surface area contributed by atoms with Crippen LogP contribution in [0.4, 0.5) is 4.79 Å². The van der Waals surface area contributed by atoms with Crippen molar-refractivity contribution in [3.05, 3.63) is 77.9 Å². The molecule has 0 bridgehead atoms. The lowest BCUT2D eigenvalue weighted by atomic mass is 9.82. The first kappa shape index (κ1) is 29.6. The number of allylic oxidation sites excluding steroid dienone is 1. The highest BCUT2D eigenvalue weighted by Crippen LogP contribution is 2.26. The van der Waals surface area contributed by atoms with Crippen molar-refractivity contribution in [1.29, 1.82) is 0 Å². The van der Waals surface area contributed by atoms with Gasteiger partial charge in [-0.1, -0.05) is 67.5 Å². The number of rotatable bonds is 10. The average molecular weight is 563 g/mol. The largest absolute Gasteiger partial charge is 0.508 e. The summed E-state index contributed by atoms with van der Waals surface area (Å²) in [7, 11) is 0. The number of nitrogens with one attached hydrogen (secondary N) is 3. The van der Waals surface area contributed by atoms with Crippen molar-refractivity contribution in [2.75, 3.05) is 0 Å². The van der Waals surface area contributed by atoms with Gasteiger partial charge in [0.05, 0.1) is 17.9 Å². The molecule has 5 atom stereocenters. The summed E-state index contributed by atoms with van der Waals surface area (Å²) < 4.78 is 5.35. The Balaban J connectivity index is 1.43. The lowest BCUT2D eigenvalue weighted by Gasteiger charge is -2.34. The number of hydrogen-bond donors (Lipinski definition) is 5. The summed E-state index contributed by atoms with van der Waals surface area (Å²) >= 11 is 0. The maximum atomic E-state index is 13.6. The van der Waals surface area contributed by atoms with Crippen LogP contribution in [-0.2, 0) is 32.1 Å². The van der Waals surface area contributed by atoms with E-state index in [-0.39, 0.29) is 24.7 Å². The maximum Gasteiger partial charge on any atom is 0.408 e. The van der Waals surface area contributed by atoms with Gasteiger partial charge in [-0.05, 0) is 48.9 Å². The molecule has 0 spiro atoms. The molecular formula is C31H38N4O6. The molecule has 0 saturated heterocycles. The summed E-state index contributed by atoms with van der Waals surface area (Å²) in [6, 6.07) is 13.7. The molecule has 0 aromatic heterocycles. The molecule has 2 unspecified atom stereocenters. The zero-order valence-corrected chi connectivity index (χ0v) is 23.0. The van der Waals surface area contributed by atoms with Gasteiger partial charge in [-0.15, -0.1) is 0 Å². The van der Waals surface area contributed by atoms with E-state index in [1.807, 2.05) is 42.5 Å². The number of benzene rings is 2. The van der Waals surface area contributed by atoms with Crippen molar-refractivity contribution < 1.29 is 29.0 Å². The molecule has 1 fully saturated rings. The highest BCUT2D eigenvalue weighted by Gasteiger charge is 2.36. The van der Waals surface area contributed by atoms with Gasteiger partial charge in [0.25, 0.3) is 0 Å². The molecule has 2 aliphatic rings. The third kappa shape index (κ3) is 8.57. The van der Waals surface area contributed by atoms with Gasteiger partial charge in [0.15, 0.2) is 0 Å². The first-order chi connectivity index (χ1) is 19.8. The molecule has 10 heteroatoms. The number of hydrogen-bond acceptors (Lipinski definition) is 6. The fourth-order valence-corrected chi connectivity index (χ4v) is 5.46. The summed E-state index contributed by atoms with van der Waals surface area (Å²) in [4.78, 5) is 51.5. The SMILES string of the molecule is NC(=O)[C@H]1CCC=C[C@H]1NC(=O)C1CCCCC1NC(=O)[C@H](Cc1ccc(O)cc1)NC(=O)OCc1ccccc1. The third-order valence-corrected chi connectivity index (χ3v) is 7.72. The van der Waals surface area contributed by atoms with Crippen LogP contribution >= 0.6 is 0 Å². The van der Waals surface area contributed by atoms with Crippen LogP contribution in [0.2, 0.25) is 0 Å². The van der Waals surface area contributed by atoms with Gasteiger partial charge >= 0.3 is 6.09 Å². The van der Waals surface area contributed by atoms with E-state index in [0.29, 0.717) is 19.3 Å². The second-order valence-corrected chi connectivity index (χ2v) is 10.7. The van der Waals surface area contributed by atoms with Crippen LogP contribution in [-0.4, -0.2) is 47.0 Å². The van der Waals surface area contributed by atoms with E-state index in [2.05, 4.69) is 16.0 Å². The highest BCUT2D eigenvalue weighted by atomic mass is 16.5. The Bertz CT molecular complexity index is 1230. The van der Waals surface area contributed by atoms with Crippen LogP contribution < -0.4 is 21.7 Å². The molecule has 218 valence electrons. The van der Waals surface area contributed by atoms with Gasteiger partial charge in [-0.2, -0.15) is 0 Å². The fraction of sp³-hybridized carbons (Fsp3) is 0.419. The van der Waals surface area contributed by atoms with Crippen LogP contribution in [0, 0.1) is 11.8 Å². The van der Waals surface area contributed by atoms with Gasteiger partial charge in [0, 0.05) is 12.5 Å². The van der Waals surface area contributed by atoms with Crippen LogP contribution in [0.5, 0.6) is 5.75 Å². The van der Waals surface area contributed by atoms with Gasteiger partial charge in [0.1, 0.15) is 18.4 Å². The molecule has 2 aromatic rings. The number of ether oxygens (including phenoxy) is 1. The van der Waals surface area contributed by atoms with E-state index in [9.17, 15) is 24.3 Å². The van der Waals surface area contributed by atoms with Crippen LogP contribution in [0.3, 0.4) is 0 Å². The standard InChI is InChI=1S/C31H38N4O6/c32-28(37)23-10-4-6-12-25(23)33-29(38)24-11-5-7-13-26(24)34-30(39)27(18-20-14-16-22(36)17-15-20)35-31(40)41-19-21-8-2-1-3-9-21/h1-3,6,8-9,12,14-17,23-27,36H,4-5,7,10-11,13,18-19H2,(H2,32,37)(H,33,38)(H,34,39)(H,35,40)/t23-,24?,25+,26?,27-/m0/s1. The Morgan fingerprint density at radius 1 is 0.902 bits per heavy atom. The predicted molar refractivity (Wildman–Crippen MR) is 152 cm³/mol. The van der Waals surface area contributed by atoms with E-state index in [1.54, 1.807) is 12.1 Å². The van der Waals surface area contributed by atoms with Crippen LogP contribution in [0.15, 0.2) is 66.7 Å². The molecule has 2 aromatic carbocycles. The number of aromatic hydroxyl groups is 1. The Labute approximate surface area is 239 Å². The van der Waals surface area contributed by atoms with Crippen molar-refractivity contribution in [3.63, 3.8) is 0 Å². The molecule has 2 aliphatic carbocycles. The summed E-state index contributed by atoms with van der Waals surface area (Å²) in [5.74, 6) is -1.99. The molecular weight excluding hydrogens is 524 g/mol. The lowest BCUT2D eigenvalue weighted by molar-refractivity contribution is -0.130. The van der Waals surface area contributed by atoms with E-state index in [0.717, 1.165) is 30.4 Å². The number of amides is 4. The predicted octanol–water partition coefficient (Wildman–Crippen LogP) is 2.84. The molecule has 6 N–H and O–H groups in total. The van der Waals surface area contributed by atoms with E-state index in [4.69, 9.17) is 10.5 Å². The second kappa shape index (κ2) is 14.3. The minimum Gasteiger partial charge on any atom is -0.508 e. The number of primary amides is 1. The molecule has 0 heterocycles. The Kier molecular flexibility index (Phi) is 10.4. The average Bonchev–Trinajstić information content (AvgIpc) is 2.97. The van der Waals surface area contributed by atoms with Crippen molar-refractivity contribution in [2.24, 2.45) is 17.6 Å². The number of phenols is 1. The Hall–Kier alpha value is -4.34. The van der Waals surface area contributed by atoms with Gasteiger partial charge in [-0.3, -0.25) is 14.4 Å². The summed E-state index contributed by atoms with van der Waals surface area (Å²) in [5.41, 5.74) is 7.10. The first-order valence-electron chi connectivity index (χ1n) is 14.1.